The lowest BCUT2D eigenvalue weighted by atomic mass is 10.2. The highest BCUT2D eigenvalue weighted by Crippen LogP contribution is 2.22. The van der Waals surface area contributed by atoms with Gasteiger partial charge in [0.2, 0.25) is 0 Å². The van der Waals surface area contributed by atoms with Crippen LogP contribution in [0.2, 0.25) is 5.02 Å². The van der Waals surface area contributed by atoms with Gasteiger partial charge in [0, 0.05) is 16.1 Å². The molecule has 0 atom stereocenters. The molecule has 0 saturated heterocycles. The lowest BCUT2D eigenvalue weighted by molar-refractivity contribution is 0.0955. The largest absolute Gasteiger partial charge is 0.378 e. The minimum absolute atomic E-state index is 0.0471. The predicted octanol–water partition coefficient (Wildman–Crippen LogP) is 4.18. The van der Waals surface area contributed by atoms with Gasteiger partial charge in [-0.25, -0.2) is 5.43 Å². The first-order chi connectivity index (χ1) is 13.8. The van der Waals surface area contributed by atoms with Gasteiger partial charge in [-0.3, -0.25) is 4.79 Å². The third-order valence-corrected chi connectivity index (χ3v) is 5.40. The van der Waals surface area contributed by atoms with Crippen molar-refractivity contribution in [3.8, 4) is 5.75 Å². The zero-order valence-electron chi connectivity index (χ0n) is 15.4. The molecular weight excluding hydrogens is 412 g/mol. The number of halogens is 1. The molecule has 0 aliphatic carbocycles. The molecule has 0 aromatic heterocycles. The van der Waals surface area contributed by atoms with Gasteiger partial charge in [-0.15, -0.1) is 0 Å². The number of aryl methyl sites for hydroxylation is 1. The number of amides is 1. The number of benzene rings is 3. The topological polar surface area (TPSA) is 84.8 Å². The number of nitrogens with zero attached hydrogens (tertiary/aromatic N) is 1. The molecule has 0 unspecified atom stereocenters. The quantitative estimate of drug-likeness (QED) is 0.362. The summed E-state index contributed by atoms with van der Waals surface area (Å²) in [4.78, 5) is 12.1. The molecule has 0 heterocycles. The van der Waals surface area contributed by atoms with Crippen LogP contribution in [0.4, 0.5) is 0 Å². The lowest BCUT2D eigenvalue weighted by Gasteiger charge is -2.09. The predicted molar refractivity (Wildman–Crippen MR) is 112 cm³/mol. The van der Waals surface area contributed by atoms with Gasteiger partial charge < -0.3 is 4.18 Å². The van der Waals surface area contributed by atoms with Gasteiger partial charge >= 0.3 is 10.1 Å². The molecule has 3 aromatic carbocycles. The Morgan fingerprint density at radius 2 is 1.66 bits per heavy atom. The molecule has 0 aliphatic heterocycles. The summed E-state index contributed by atoms with van der Waals surface area (Å²) in [6, 6.07) is 19.1. The van der Waals surface area contributed by atoms with Crippen molar-refractivity contribution in [3.63, 3.8) is 0 Å². The van der Waals surface area contributed by atoms with E-state index in [1.807, 2.05) is 6.92 Å². The number of para-hydroxylation sites is 1. The van der Waals surface area contributed by atoms with E-state index in [1.165, 1.54) is 24.4 Å². The monoisotopic (exact) mass is 428 g/mol. The highest BCUT2D eigenvalue weighted by molar-refractivity contribution is 7.87. The standard InChI is InChI=1S/C21H17ClN2O4S/c1-15-6-12-19(13-7-15)29(26,27)28-20-5-3-2-4-17(20)14-23-24-21(25)16-8-10-18(22)11-9-16/h2-14H,1H3,(H,24,25)/b23-14-. The molecule has 0 bridgehead atoms. The Hall–Kier alpha value is -3.16. The minimum Gasteiger partial charge on any atom is -0.378 e. The lowest BCUT2D eigenvalue weighted by Crippen LogP contribution is -2.17. The van der Waals surface area contributed by atoms with Crippen molar-refractivity contribution >= 4 is 33.8 Å². The summed E-state index contributed by atoms with van der Waals surface area (Å²) in [5, 5.41) is 4.40. The normalized spacial score (nSPS) is 11.4. The van der Waals surface area contributed by atoms with Crippen molar-refractivity contribution < 1.29 is 17.4 Å². The molecule has 0 saturated carbocycles. The van der Waals surface area contributed by atoms with Gasteiger partial charge in [0.15, 0.2) is 5.75 Å². The maximum Gasteiger partial charge on any atom is 0.339 e. The zero-order chi connectivity index (χ0) is 20.9. The van der Waals surface area contributed by atoms with E-state index in [2.05, 4.69) is 10.5 Å². The summed E-state index contributed by atoms with van der Waals surface area (Å²) in [5.74, 6) is -0.332. The van der Waals surface area contributed by atoms with E-state index in [1.54, 1.807) is 54.6 Å². The van der Waals surface area contributed by atoms with Crippen molar-refractivity contribution in [1.29, 1.82) is 0 Å². The Morgan fingerprint density at radius 1 is 1.00 bits per heavy atom. The van der Waals surface area contributed by atoms with Crippen LogP contribution >= 0.6 is 11.6 Å². The summed E-state index contributed by atoms with van der Waals surface area (Å²) < 4.78 is 30.3. The summed E-state index contributed by atoms with van der Waals surface area (Å²) in [7, 11) is -4.00. The van der Waals surface area contributed by atoms with E-state index in [0.717, 1.165) is 5.56 Å². The molecule has 6 nitrogen and oxygen atoms in total. The van der Waals surface area contributed by atoms with Crippen LogP contribution in [-0.4, -0.2) is 20.5 Å². The van der Waals surface area contributed by atoms with Gasteiger partial charge in [0.1, 0.15) is 4.90 Å². The first-order valence-electron chi connectivity index (χ1n) is 8.54. The molecule has 148 valence electrons. The number of nitrogens with one attached hydrogen (secondary N) is 1. The van der Waals surface area contributed by atoms with E-state index in [-0.39, 0.29) is 10.6 Å². The van der Waals surface area contributed by atoms with E-state index >= 15 is 0 Å². The average molecular weight is 429 g/mol. The van der Waals surface area contributed by atoms with Crippen LogP contribution in [0.15, 0.2) is 82.8 Å². The maximum absolute atomic E-state index is 12.5. The molecule has 1 amide bonds. The van der Waals surface area contributed by atoms with Crippen molar-refractivity contribution in [3.05, 3.63) is 94.5 Å². The fraction of sp³-hybridized carbons (Fsp3) is 0.0476. The maximum atomic E-state index is 12.5. The molecule has 1 N–H and O–H groups in total. The molecule has 0 spiro atoms. The van der Waals surface area contributed by atoms with Gasteiger partial charge in [-0.1, -0.05) is 41.4 Å². The van der Waals surface area contributed by atoms with Crippen LogP contribution in [-0.2, 0) is 10.1 Å². The first-order valence-corrected chi connectivity index (χ1v) is 10.3. The van der Waals surface area contributed by atoms with E-state index in [4.69, 9.17) is 15.8 Å². The highest BCUT2D eigenvalue weighted by Gasteiger charge is 2.17. The second kappa shape index (κ2) is 8.89. The molecule has 3 aromatic rings. The zero-order valence-corrected chi connectivity index (χ0v) is 16.9. The first kappa shape index (κ1) is 20.6. The summed E-state index contributed by atoms with van der Waals surface area (Å²) in [6.45, 7) is 1.86. The Balaban J connectivity index is 1.75. The average Bonchev–Trinajstić information content (AvgIpc) is 2.70. The second-order valence-electron chi connectivity index (χ2n) is 6.09. The Morgan fingerprint density at radius 3 is 2.34 bits per heavy atom. The summed E-state index contributed by atoms with van der Waals surface area (Å²) in [5.41, 5.74) is 4.09. The number of hydrogen-bond donors (Lipinski definition) is 1. The highest BCUT2D eigenvalue weighted by atomic mass is 35.5. The van der Waals surface area contributed by atoms with Gasteiger partial charge in [-0.05, 0) is 55.5 Å². The van der Waals surface area contributed by atoms with E-state index in [0.29, 0.717) is 16.1 Å². The fourth-order valence-corrected chi connectivity index (χ4v) is 3.44. The van der Waals surface area contributed by atoms with Crippen LogP contribution in [0.5, 0.6) is 5.75 Å². The third kappa shape index (κ3) is 5.43. The molecule has 3 rings (SSSR count). The van der Waals surface area contributed by atoms with Gasteiger partial charge in [0.25, 0.3) is 5.91 Å². The number of carbonyl (C=O) groups is 1. The molecule has 0 radical (unpaired) electrons. The van der Waals surface area contributed by atoms with E-state index in [9.17, 15) is 13.2 Å². The molecule has 0 fully saturated rings. The smallest absolute Gasteiger partial charge is 0.339 e. The minimum atomic E-state index is -4.00. The van der Waals surface area contributed by atoms with Crippen molar-refractivity contribution in [2.24, 2.45) is 5.10 Å². The van der Waals surface area contributed by atoms with Crippen LogP contribution in [0.1, 0.15) is 21.5 Å². The summed E-state index contributed by atoms with van der Waals surface area (Å²) in [6.07, 6.45) is 1.31. The molecule has 8 heteroatoms. The van der Waals surface area contributed by atoms with Gasteiger partial charge in [-0.2, -0.15) is 13.5 Å². The molecule has 0 aliphatic rings. The van der Waals surface area contributed by atoms with Crippen LogP contribution in [0, 0.1) is 6.92 Å². The fourth-order valence-electron chi connectivity index (χ4n) is 2.36. The van der Waals surface area contributed by atoms with Crippen molar-refractivity contribution in [2.45, 2.75) is 11.8 Å². The van der Waals surface area contributed by atoms with Crippen LogP contribution < -0.4 is 9.61 Å². The summed E-state index contributed by atoms with van der Waals surface area (Å²) >= 11 is 5.80. The Bertz CT molecular complexity index is 1140. The van der Waals surface area contributed by atoms with Crippen LogP contribution in [0.3, 0.4) is 0 Å². The Kier molecular flexibility index (Phi) is 6.31. The van der Waals surface area contributed by atoms with Crippen molar-refractivity contribution in [1.82, 2.24) is 5.43 Å². The Labute approximate surface area is 173 Å². The second-order valence-corrected chi connectivity index (χ2v) is 8.08. The van der Waals surface area contributed by atoms with Crippen LogP contribution in [0.25, 0.3) is 0 Å². The van der Waals surface area contributed by atoms with Crippen molar-refractivity contribution in [2.75, 3.05) is 0 Å². The number of carbonyl (C=O) groups excluding carboxylic acids is 1. The van der Waals surface area contributed by atoms with Gasteiger partial charge in [0.05, 0.1) is 6.21 Å². The third-order valence-electron chi connectivity index (χ3n) is 3.90. The number of hydrazone groups is 1. The number of rotatable bonds is 6. The molecule has 29 heavy (non-hydrogen) atoms. The SMILES string of the molecule is Cc1ccc(S(=O)(=O)Oc2ccccc2/C=N\NC(=O)c2ccc(Cl)cc2)cc1. The molecular formula is C21H17ClN2O4S. The number of hydrogen-bond acceptors (Lipinski definition) is 5. The van der Waals surface area contributed by atoms with E-state index < -0.39 is 16.0 Å².